The Morgan fingerprint density at radius 1 is 1.18 bits per heavy atom. The second-order valence-electron chi connectivity index (χ2n) is 9.11. The van der Waals surface area contributed by atoms with Crippen molar-refractivity contribution in [3.8, 4) is 17.5 Å². The van der Waals surface area contributed by atoms with Crippen molar-refractivity contribution in [2.24, 2.45) is 0 Å². The molecule has 1 aromatic heterocycles. The molecule has 9 nitrogen and oxygen atoms in total. The number of amides is 2. The van der Waals surface area contributed by atoms with Gasteiger partial charge in [-0.15, -0.1) is 5.10 Å². The second-order valence-corrected chi connectivity index (χ2v) is 10.9. The summed E-state index contributed by atoms with van der Waals surface area (Å²) in [4.78, 5) is 24.3. The van der Waals surface area contributed by atoms with E-state index in [1.165, 1.54) is 34.8 Å². The van der Waals surface area contributed by atoms with Crippen LogP contribution in [0.2, 0.25) is 10.0 Å². The number of rotatable bonds is 8. The fourth-order valence-corrected chi connectivity index (χ4v) is 4.66. The summed E-state index contributed by atoms with van der Waals surface area (Å²) in [5.74, 6) is 6.33. The first-order valence-corrected chi connectivity index (χ1v) is 13.7. The van der Waals surface area contributed by atoms with Gasteiger partial charge in [0.2, 0.25) is 11.1 Å². The first-order valence-electron chi connectivity index (χ1n) is 11.9. The van der Waals surface area contributed by atoms with Gasteiger partial charge >= 0.3 is 6.09 Å². The van der Waals surface area contributed by atoms with E-state index >= 15 is 0 Å². The highest BCUT2D eigenvalue weighted by Gasteiger charge is 2.24. The standard InChI is InChI=1S/C26H26Cl2N6O3S/c1-4-37-25(36)30-26(2,3)12-11-16-5-9-21(19(27)13-16)29-23(35)15-38-24-31-32-33-34(24)22-10-8-18(14-20(22)28)17-6-7-17/h5,8-10,13-14,17H,4,6-7,15H2,1-3H3,(H,29,35)(H,30,36). The molecule has 0 bridgehead atoms. The zero-order valence-electron chi connectivity index (χ0n) is 21.0. The predicted octanol–water partition coefficient (Wildman–Crippen LogP) is 5.45. The number of nitrogens with one attached hydrogen (secondary N) is 2. The van der Waals surface area contributed by atoms with E-state index in [1.807, 2.05) is 18.2 Å². The van der Waals surface area contributed by atoms with Crippen LogP contribution in [0.4, 0.5) is 10.5 Å². The molecule has 0 saturated heterocycles. The number of anilines is 1. The van der Waals surface area contributed by atoms with Crippen molar-refractivity contribution < 1.29 is 14.3 Å². The molecule has 1 heterocycles. The second kappa shape index (κ2) is 12.1. The van der Waals surface area contributed by atoms with E-state index in [4.69, 9.17) is 27.9 Å². The van der Waals surface area contributed by atoms with Gasteiger partial charge in [-0.2, -0.15) is 4.68 Å². The highest BCUT2D eigenvalue weighted by Crippen LogP contribution is 2.41. The maximum atomic E-state index is 12.6. The molecule has 0 atom stereocenters. The first kappa shape index (κ1) is 27.8. The third-order valence-corrected chi connectivity index (χ3v) is 7.01. The van der Waals surface area contributed by atoms with E-state index in [-0.39, 0.29) is 18.3 Å². The fraction of sp³-hybridized carbons (Fsp3) is 0.346. The molecule has 0 unspecified atom stereocenters. The van der Waals surface area contributed by atoms with Gasteiger partial charge in [0, 0.05) is 5.56 Å². The lowest BCUT2D eigenvalue weighted by Gasteiger charge is -2.19. The Kier molecular flexibility index (Phi) is 8.82. The average Bonchev–Trinajstić information content (AvgIpc) is 3.61. The van der Waals surface area contributed by atoms with Crippen LogP contribution >= 0.6 is 35.0 Å². The summed E-state index contributed by atoms with van der Waals surface area (Å²) in [5.41, 5.74) is 2.15. The minimum Gasteiger partial charge on any atom is -0.450 e. The van der Waals surface area contributed by atoms with E-state index in [0.717, 1.165) is 0 Å². The summed E-state index contributed by atoms with van der Waals surface area (Å²) in [5, 5.41) is 18.6. The van der Waals surface area contributed by atoms with E-state index in [2.05, 4.69) is 38.0 Å². The topological polar surface area (TPSA) is 111 Å². The number of thioether (sulfide) groups is 1. The third-order valence-electron chi connectivity index (χ3n) is 5.47. The molecule has 4 rings (SSSR count). The van der Waals surface area contributed by atoms with Crippen molar-refractivity contribution in [2.75, 3.05) is 17.7 Å². The summed E-state index contributed by atoms with van der Waals surface area (Å²) >= 11 is 14.1. The van der Waals surface area contributed by atoms with Crippen molar-refractivity contribution >= 4 is 52.7 Å². The van der Waals surface area contributed by atoms with Gasteiger partial charge in [-0.05, 0) is 85.9 Å². The lowest BCUT2D eigenvalue weighted by atomic mass is 10.1. The number of aromatic nitrogens is 4. The molecule has 0 radical (unpaired) electrons. The molecule has 2 amide bonds. The minimum atomic E-state index is -0.804. The normalized spacial score (nSPS) is 12.9. The Bertz CT molecular complexity index is 1410. The molecule has 0 spiro atoms. The number of nitrogens with zero attached hydrogens (tertiary/aromatic N) is 4. The quantitative estimate of drug-likeness (QED) is 0.272. The number of ether oxygens (including phenoxy) is 1. The van der Waals surface area contributed by atoms with Gasteiger partial charge in [0.25, 0.3) is 0 Å². The van der Waals surface area contributed by atoms with Gasteiger partial charge in [0.15, 0.2) is 0 Å². The Labute approximate surface area is 235 Å². The van der Waals surface area contributed by atoms with Crippen LogP contribution in [0.5, 0.6) is 0 Å². The van der Waals surface area contributed by atoms with Crippen LogP contribution in [-0.2, 0) is 9.53 Å². The zero-order chi connectivity index (χ0) is 27.3. The van der Waals surface area contributed by atoms with E-state index in [9.17, 15) is 9.59 Å². The monoisotopic (exact) mass is 572 g/mol. The van der Waals surface area contributed by atoms with Crippen molar-refractivity contribution in [2.45, 2.75) is 50.2 Å². The summed E-state index contributed by atoms with van der Waals surface area (Å²) in [6, 6.07) is 10.9. The van der Waals surface area contributed by atoms with Gasteiger partial charge in [-0.25, -0.2) is 4.79 Å². The maximum absolute atomic E-state index is 12.6. The molecule has 0 aliphatic heterocycles. The van der Waals surface area contributed by atoms with Crippen LogP contribution in [0.15, 0.2) is 41.6 Å². The number of alkyl carbamates (subject to hydrolysis) is 1. The summed E-state index contributed by atoms with van der Waals surface area (Å²) in [7, 11) is 0. The molecule has 1 saturated carbocycles. The lowest BCUT2D eigenvalue weighted by molar-refractivity contribution is -0.113. The molecule has 2 aromatic carbocycles. The number of halogens is 2. The van der Waals surface area contributed by atoms with Gasteiger partial charge in [-0.1, -0.05) is 52.9 Å². The molecular weight excluding hydrogens is 547 g/mol. The number of hydrogen-bond acceptors (Lipinski definition) is 7. The Balaban J connectivity index is 1.35. The van der Waals surface area contributed by atoms with Crippen molar-refractivity contribution in [1.82, 2.24) is 25.5 Å². The SMILES string of the molecule is CCOC(=O)NC(C)(C)C#Cc1ccc(NC(=O)CSc2nnnn2-c2ccc(C3CC3)cc2Cl)c(Cl)c1. The fourth-order valence-electron chi connectivity index (χ4n) is 3.48. The predicted molar refractivity (Wildman–Crippen MR) is 148 cm³/mol. The summed E-state index contributed by atoms with van der Waals surface area (Å²) < 4.78 is 6.42. The zero-order valence-corrected chi connectivity index (χ0v) is 23.4. The van der Waals surface area contributed by atoms with Crippen LogP contribution in [0, 0.1) is 11.8 Å². The third kappa shape index (κ3) is 7.40. The highest BCUT2D eigenvalue weighted by molar-refractivity contribution is 7.99. The van der Waals surface area contributed by atoms with Gasteiger partial charge in [0.05, 0.1) is 39.3 Å². The van der Waals surface area contributed by atoms with Gasteiger partial charge in [0.1, 0.15) is 0 Å². The Hall–Kier alpha value is -3.26. The van der Waals surface area contributed by atoms with Crippen LogP contribution in [0.25, 0.3) is 5.69 Å². The molecule has 1 fully saturated rings. The highest BCUT2D eigenvalue weighted by atomic mass is 35.5. The molecule has 3 aromatic rings. The van der Waals surface area contributed by atoms with Gasteiger partial charge in [-0.3, -0.25) is 4.79 Å². The molecule has 2 N–H and O–H groups in total. The molecule has 12 heteroatoms. The Morgan fingerprint density at radius 2 is 1.97 bits per heavy atom. The van der Waals surface area contributed by atoms with E-state index in [1.54, 1.807) is 39.0 Å². The molecule has 38 heavy (non-hydrogen) atoms. The largest absolute Gasteiger partial charge is 0.450 e. The molecule has 1 aliphatic carbocycles. The van der Waals surface area contributed by atoms with Crippen LogP contribution in [0.1, 0.15) is 50.7 Å². The Morgan fingerprint density at radius 3 is 2.66 bits per heavy atom. The van der Waals surface area contributed by atoms with Crippen molar-refractivity contribution in [3.63, 3.8) is 0 Å². The number of hydrogen-bond donors (Lipinski definition) is 2. The van der Waals surface area contributed by atoms with Crippen LogP contribution < -0.4 is 10.6 Å². The number of carbonyl (C=O) groups is 2. The minimum absolute atomic E-state index is 0.0593. The maximum Gasteiger partial charge on any atom is 0.408 e. The molecule has 198 valence electrons. The number of tetrazole rings is 1. The first-order chi connectivity index (χ1) is 18.1. The van der Waals surface area contributed by atoms with E-state index < -0.39 is 11.6 Å². The van der Waals surface area contributed by atoms with Crippen molar-refractivity contribution in [3.05, 3.63) is 57.6 Å². The smallest absolute Gasteiger partial charge is 0.408 e. The van der Waals surface area contributed by atoms with Crippen molar-refractivity contribution in [1.29, 1.82) is 0 Å². The summed E-state index contributed by atoms with van der Waals surface area (Å²) in [6.07, 6.45) is 1.83. The molecular formula is C26H26Cl2N6O3S. The lowest BCUT2D eigenvalue weighted by Crippen LogP contribution is -2.42. The van der Waals surface area contributed by atoms with Gasteiger partial charge < -0.3 is 15.4 Å². The molecule has 1 aliphatic rings. The number of carbonyl (C=O) groups excluding carboxylic acids is 2. The number of benzene rings is 2. The summed E-state index contributed by atoms with van der Waals surface area (Å²) in [6.45, 7) is 5.53. The average molecular weight is 574 g/mol. The van der Waals surface area contributed by atoms with Crippen LogP contribution in [0.3, 0.4) is 0 Å². The van der Waals surface area contributed by atoms with Crippen LogP contribution in [-0.4, -0.2) is 50.1 Å². The van der Waals surface area contributed by atoms with E-state index in [0.29, 0.717) is 38.1 Å².